The molecule has 0 bridgehead atoms. The number of rotatable bonds is 9. The molecule has 9 nitrogen and oxygen atoms in total. The number of carbonyl (C=O) groups is 3. The summed E-state index contributed by atoms with van der Waals surface area (Å²) in [5.41, 5.74) is 5.44. The van der Waals surface area contributed by atoms with Gasteiger partial charge in [0.2, 0.25) is 0 Å². The molecule has 0 heterocycles. The van der Waals surface area contributed by atoms with Crippen LogP contribution in [0.5, 0.6) is 11.5 Å². The highest BCUT2D eigenvalue weighted by atomic mass is 19.1. The van der Waals surface area contributed by atoms with Crippen LogP contribution in [0.3, 0.4) is 0 Å². The maximum Gasteiger partial charge on any atom is 0.329 e. The Morgan fingerprint density at radius 1 is 0.892 bits per heavy atom. The number of amides is 3. The van der Waals surface area contributed by atoms with Crippen molar-refractivity contribution < 1.29 is 28.2 Å². The topological polar surface area (TPSA) is 118 Å². The molecule has 3 N–H and O–H groups in total. The molecule has 0 spiro atoms. The van der Waals surface area contributed by atoms with Gasteiger partial charge in [0.05, 0.1) is 12.8 Å². The molecule has 0 radical (unpaired) electrons. The molecule has 0 fully saturated rings. The number of halogens is 1. The number of para-hydroxylation sites is 1. The number of ether oxygens (including phenoxy) is 2. The summed E-state index contributed by atoms with van der Waals surface area (Å²) in [4.78, 5) is 36.5. The van der Waals surface area contributed by atoms with Crippen LogP contribution in [0.25, 0.3) is 0 Å². The fourth-order valence-electron chi connectivity index (χ4n) is 3.26. The Bertz CT molecular complexity index is 1290. The smallest absolute Gasteiger partial charge is 0.329 e. The van der Waals surface area contributed by atoms with E-state index in [0.29, 0.717) is 35.0 Å². The van der Waals surface area contributed by atoms with Crippen LogP contribution in [-0.4, -0.2) is 37.1 Å². The van der Waals surface area contributed by atoms with E-state index >= 15 is 0 Å². The molecule has 0 aromatic heterocycles. The van der Waals surface area contributed by atoms with Gasteiger partial charge >= 0.3 is 11.8 Å². The second-order valence-corrected chi connectivity index (χ2v) is 7.90. The third kappa shape index (κ3) is 7.89. The normalized spacial score (nSPS) is 10.6. The van der Waals surface area contributed by atoms with Gasteiger partial charge in [-0.1, -0.05) is 18.2 Å². The Labute approximate surface area is 213 Å². The average molecular weight is 507 g/mol. The van der Waals surface area contributed by atoms with Crippen LogP contribution < -0.4 is 25.5 Å². The number of carbonyl (C=O) groups excluding carboxylic acids is 3. The predicted octanol–water partition coefficient (Wildman–Crippen LogP) is 3.95. The summed E-state index contributed by atoms with van der Waals surface area (Å²) in [5, 5.41) is 9.03. The summed E-state index contributed by atoms with van der Waals surface area (Å²) >= 11 is 0. The van der Waals surface area contributed by atoms with Crippen molar-refractivity contribution in [1.82, 2.24) is 5.43 Å². The van der Waals surface area contributed by atoms with Gasteiger partial charge in [-0.15, -0.1) is 0 Å². The van der Waals surface area contributed by atoms with E-state index in [1.54, 1.807) is 25.1 Å². The number of hydrazone groups is 1. The van der Waals surface area contributed by atoms with E-state index in [4.69, 9.17) is 9.47 Å². The highest BCUT2D eigenvalue weighted by Crippen LogP contribution is 2.28. The van der Waals surface area contributed by atoms with Gasteiger partial charge in [-0.3, -0.25) is 14.4 Å². The third-order valence-corrected chi connectivity index (χ3v) is 5.06. The van der Waals surface area contributed by atoms with Crippen LogP contribution in [0.15, 0.2) is 65.8 Å². The molecule has 0 saturated carbocycles. The van der Waals surface area contributed by atoms with Crippen molar-refractivity contribution in [2.24, 2.45) is 5.10 Å². The Hall–Kier alpha value is -4.73. The van der Waals surface area contributed by atoms with Gasteiger partial charge in [-0.2, -0.15) is 5.10 Å². The Morgan fingerprint density at radius 2 is 1.59 bits per heavy atom. The molecule has 0 unspecified atom stereocenters. The molecule has 3 amide bonds. The van der Waals surface area contributed by atoms with Crippen molar-refractivity contribution in [3.8, 4) is 11.5 Å². The van der Waals surface area contributed by atoms with E-state index in [1.165, 1.54) is 30.5 Å². The first-order valence-electron chi connectivity index (χ1n) is 11.4. The zero-order chi connectivity index (χ0) is 26.8. The molecule has 0 atom stereocenters. The Morgan fingerprint density at radius 3 is 2.27 bits per heavy atom. The Kier molecular flexibility index (Phi) is 9.31. The molecule has 10 heteroatoms. The highest BCUT2D eigenvalue weighted by Gasteiger charge is 2.15. The summed E-state index contributed by atoms with van der Waals surface area (Å²) in [6, 6.07) is 15.7. The van der Waals surface area contributed by atoms with Gasteiger partial charge < -0.3 is 20.1 Å². The molecular formula is C27H27FN4O5. The number of hydrogen-bond donors (Lipinski definition) is 3. The quantitative estimate of drug-likeness (QED) is 0.231. The third-order valence-electron chi connectivity index (χ3n) is 5.06. The van der Waals surface area contributed by atoms with E-state index in [-0.39, 0.29) is 6.61 Å². The van der Waals surface area contributed by atoms with Crippen LogP contribution in [0.2, 0.25) is 0 Å². The van der Waals surface area contributed by atoms with Crippen LogP contribution in [-0.2, 0) is 14.4 Å². The van der Waals surface area contributed by atoms with Crippen LogP contribution in [0.4, 0.5) is 15.8 Å². The van der Waals surface area contributed by atoms with Gasteiger partial charge in [0.25, 0.3) is 5.91 Å². The van der Waals surface area contributed by atoms with Crippen molar-refractivity contribution in [1.29, 1.82) is 0 Å². The lowest BCUT2D eigenvalue weighted by molar-refractivity contribution is -0.136. The van der Waals surface area contributed by atoms with E-state index < -0.39 is 23.5 Å². The molecule has 192 valence electrons. The van der Waals surface area contributed by atoms with Gasteiger partial charge in [0, 0.05) is 11.4 Å². The van der Waals surface area contributed by atoms with E-state index in [2.05, 4.69) is 21.2 Å². The number of hydrogen-bond acceptors (Lipinski definition) is 6. The van der Waals surface area contributed by atoms with E-state index in [1.807, 2.05) is 32.0 Å². The van der Waals surface area contributed by atoms with Crippen molar-refractivity contribution in [2.75, 3.05) is 23.8 Å². The Balaban J connectivity index is 1.57. The lowest BCUT2D eigenvalue weighted by atomic mass is 10.1. The zero-order valence-corrected chi connectivity index (χ0v) is 20.6. The SMILES string of the molecule is CCOc1cc(/C=N\NC(=O)C(=O)Nc2c(C)cccc2C)ccc1OCC(=O)Nc1ccc(F)cc1. The second kappa shape index (κ2) is 12.8. The molecular weight excluding hydrogens is 479 g/mol. The number of aryl methyl sites for hydroxylation is 2. The molecule has 0 aliphatic carbocycles. The van der Waals surface area contributed by atoms with Gasteiger partial charge in [-0.05, 0) is 79.9 Å². The summed E-state index contributed by atoms with van der Waals surface area (Å²) in [7, 11) is 0. The first-order valence-corrected chi connectivity index (χ1v) is 11.4. The van der Waals surface area contributed by atoms with Crippen LogP contribution >= 0.6 is 0 Å². The van der Waals surface area contributed by atoms with Crippen molar-refractivity contribution >= 4 is 35.3 Å². The van der Waals surface area contributed by atoms with Gasteiger partial charge in [0.15, 0.2) is 18.1 Å². The molecule has 3 aromatic rings. The largest absolute Gasteiger partial charge is 0.490 e. The minimum absolute atomic E-state index is 0.295. The maximum atomic E-state index is 13.0. The first-order chi connectivity index (χ1) is 17.8. The standard InChI is InChI=1S/C27H27FN4O5/c1-4-36-23-14-19(8-13-22(23)37-16-24(33)30-21-11-9-20(28)10-12-21)15-29-32-27(35)26(34)31-25-17(2)6-5-7-18(25)3/h5-15H,4,16H2,1-3H3,(H,30,33)(H,31,34)(H,32,35)/b29-15-. The average Bonchev–Trinajstić information content (AvgIpc) is 2.87. The van der Waals surface area contributed by atoms with Crippen LogP contribution in [0, 0.1) is 19.7 Å². The summed E-state index contributed by atoms with van der Waals surface area (Å²) in [5.74, 6) is -1.91. The number of anilines is 2. The lowest BCUT2D eigenvalue weighted by Gasteiger charge is -2.12. The van der Waals surface area contributed by atoms with Crippen LogP contribution in [0.1, 0.15) is 23.6 Å². The number of benzene rings is 3. The summed E-state index contributed by atoms with van der Waals surface area (Å²) in [6.45, 7) is 5.51. The van der Waals surface area contributed by atoms with Gasteiger partial charge in [0.1, 0.15) is 5.82 Å². The molecule has 3 aromatic carbocycles. The first kappa shape index (κ1) is 26.9. The maximum absolute atomic E-state index is 13.0. The minimum Gasteiger partial charge on any atom is -0.490 e. The predicted molar refractivity (Wildman–Crippen MR) is 138 cm³/mol. The fraction of sp³-hybridized carbons (Fsp3) is 0.185. The molecule has 37 heavy (non-hydrogen) atoms. The summed E-state index contributed by atoms with van der Waals surface area (Å²) in [6.07, 6.45) is 1.34. The number of nitrogens with one attached hydrogen (secondary N) is 3. The van der Waals surface area contributed by atoms with Crippen molar-refractivity contribution in [3.63, 3.8) is 0 Å². The highest BCUT2D eigenvalue weighted by molar-refractivity contribution is 6.39. The van der Waals surface area contributed by atoms with Crippen molar-refractivity contribution in [3.05, 3.63) is 83.2 Å². The molecule has 0 saturated heterocycles. The number of nitrogens with zero attached hydrogens (tertiary/aromatic N) is 1. The van der Waals surface area contributed by atoms with E-state index in [0.717, 1.165) is 11.1 Å². The monoisotopic (exact) mass is 506 g/mol. The van der Waals surface area contributed by atoms with Crippen molar-refractivity contribution in [2.45, 2.75) is 20.8 Å². The molecule has 0 aliphatic heterocycles. The second-order valence-electron chi connectivity index (χ2n) is 7.90. The fourth-order valence-corrected chi connectivity index (χ4v) is 3.26. The molecule has 0 aliphatic rings. The van der Waals surface area contributed by atoms with E-state index in [9.17, 15) is 18.8 Å². The minimum atomic E-state index is -0.920. The zero-order valence-electron chi connectivity index (χ0n) is 20.6. The van der Waals surface area contributed by atoms with Gasteiger partial charge in [-0.25, -0.2) is 9.82 Å². The summed E-state index contributed by atoms with van der Waals surface area (Å²) < 4.78 is 24.2. The molecule has 3 rings (SSSR count). The lowest BCUT2D eigenvalue weighted by Crippen LogP contribution is -2.32.